The van der Waals surface area contributed by atoms with Crippen LogP contribution in [0, 0.1) is 0 Å². The number of primary amides is 1. The zero-order valence-corrected chi connectivity index (χ0v) is 15.1. The SMILES string of the molecule is CC(Nc1ccc(Cl)c(Br)c1)(C(N)=O)c1ccccc1Br. The molecule has 1 unspecified atom stereocenters. The summed E-state index contributed by atoms with van der Waals surface area (Å²) in [6.45, 7) is 1.75. The lowest BCUT2D eigenvalue weighted by atomic mass is 9.91. The molecule has 6 heteroatoms. The highest BCUT2D eigenvalue weighted by Crippen LogP contribution is 2.33. The van der Waals surface area contributed by atoms with Crippen molar-refractivity contribution in [3.63, 3.8) is 0 Å². The van der Waals surface area contributed by atoms with E-state index in [-0.39, 0.29) is 0 Å². The quantitative estimate of drug-likeness (QED) is 0.737. The molecule has 0 aliphatic rings. The van der Waals surface area contributed by atoms with Crippen LogP contribution in [0.3, 0.4) is 0 Å². The van der Waals surface area contributed by atoms with Crippen molar-refractivity contribution in [3.05, 3.63) is 62.0 Å². The van der Waals surface area contributed by atoms with Gasteiger partial charge in [-0.15, -0.1) is 0 Å². The van der Waals surface area contributed by atoms with Gasteiger partial charge in [-0.25, -0.2) is 0 Å². The summed E-state index contributed by atoms with van der Waals surface area (Å²) < 4.78 is 1.56. The van der Waals surface area contributed by atoms with Crippen molar-refractivity contribution in [2.75, 3.05) is 5.32 Å². The van der Waals surface area contributed by atoms with Crippen LogP contribution in [0.4, 0.5) is 5.69 Å². The lowest BCUT2D eigenvalue weighted by Gasteiger charge is -2.30. The van der Waals surface area contributed by atoms with E-state index in [9.17, 15) is 4.79 Å². The average Bonchev–Trinajstić information content (AvgIpc) is 2.43. The van der Waals surface area contributed by atoms with Crippen LogP contribution >= 0.6 is 43.5 Å². The standard InChI is InChI=1S/C15H13Br2ClN2O/c1-15(14(19)21,10-4-2-3-5-11(10)16)20-9-6-7-13(18)12(17)8-9/h2-8,20H,1H3,(H2,19,21). The van der Waals surface area contributed by atoms with E-state index in [0.29, 0.717) is 5.02 Å². The van der Waals surface area contributed by atoms with E-state index in [1.54, 1.807) is 25.1 Å². The molecule has 0 heterocycles. The van der Waals surface area contributed by atoms with Gasteiger partial charge in [-0.1, -0.05) is 45.7 Å². The topological polar surface area (TPSA) is 55.1 Å². The number of amides is 1. The van der Waals surface area contributed by atoms with E-state index < -0.39 is 11.4 Å². The molecule has 0 aliphatic heterocycles. The van der Waals surface area contributed by atoms with Crippen molar-refractivity contribution < 1.29 is 4.79 Å². The van der Waals surface area contributed by atoms with Gasteiger partial charge in [0.05, 0.1) is 5.02 Å². The first-order chi connectivity index (χ1) is 9.84. The Morgan fingerprint density at radius 2 is 1.86 bits per heavy atom. The minimum atomic E-state index is -1.05. The van der Waals surface area contributed by atoms with Crippen LogP contribution in [0.2, 0.25) is 5.02 Å². The minimum Gasteiger partial charge on any atom is -0.368 e. The van der Waals surface area contributed by atoms with Gasteiger partial charge < -0.3 is 11.1 Å². The van der Waals surface area contributed by atoms with Crippen LogP contribution < -0.4 is 11.1 Å². The molecule has 0 aromatic heterocycles. The van der Waals surface area contributed by atoms with Crippen molar-refractivity contribution in [3.8, 4) is 0 Å². The van der Waals surface area contributed by atoms with Gasteiger partial charge in [0.1, 0.15) is 5.54 Å². The number of hydrogen-bond donors (Lipinski definition) is 2. The molecule has 2 rings (SSSR count). The largest absolute Gasteiger partial charge is 0.368 e. The second kappa shape index (κ2) is 6.38. The number of anilines is 1. The van der Waals surface area contributed by atoms with E-state index in [4.69, 9.17) is 17.3 Å². The highest BCUT2D eigenvalue weighted by molar-refractivity contribution is 9.10. The third-order valence-corrected chi connectivity index (χ3v) is 5.12. The van der Waals surface area contributed by atoms with E-state index in [2.05, 4.69) is 37.2 Å². The second-order valence-electron chi connectivity index (χ2n) is 4.72. The lowest BCUT2D eigenvalue weighted by molar-refractivity contribution is -0.122. The fraction of sp³-hybridized carbons (Fsp3) is 0.133. The third-order valence-electron chi connectivity index (χ3n) is 3.22. The van der Waals surface area contributed by atoms with Crippen LogP contribution in [0.5, 0.6) is 0 Å². The summed E-state index contributed by atoms with van der Waals surface area (Å²) in [7, 11) is 0. The molecule has 0 bridgehead atoms. The molecule has 1 amide bonds. The van der Waals surface area contributed by atoms with E-state index in [0.717, 1.165) is 20.2 Å². The van der Waals surface area contributed by atoms with Gasteiger partial charge in [-0.2, -0.15) is 0 Å². The predicted octanol–water partition coefficient (Wildman–Crippen LogP) is 4.68. The Balaban J connectivity index is 2.46. The maximum absolute atomic E-state index is 12.0. The maximum atomic E-state index is 12.0. The summed E-state index contributed by atoms with van der Waals surface area (Å²) in [5, 5.41) is 3.79. The van der Waals surface area contributed by atoms with Crippen LogP contribution in [0.25, 0.3) is 0 Å². The highest BCUT2D eigenvalue weighted by atomic mass is 79.9. The zero-order valence-electron chi connectivity index (χ0n) is 11.2. The molecule has 0 radical (unpaired) electrons. The van der Waals surface area contributed by atoms with Crippen LogP contribution in [-0.4, -0.2) is 5.91 Å². The monoisotopic (exact) mass is 430 g/mol. The van der Waals surface area contributed by atoms with Crippen molar-refractivity contribution in [1.29, 1.82) is 0 Å². The number of hydrogen-bond acceptors (Lipinski definition) is 2. The smallest absolute Gasteiger partial charge is 0.247 e. The maximum Gasteiger partial charge on any atom is 0.247 e. The van der Waals surface area contributed by atoms with Gasteiger partial charge in [-0.3, -0.25) is 4.79 Å². The number of carbonyl (C=O) groups is 1. The van der Waals surface area contributed by atoms with Crippen LogP contribution in [-0.2, 0) is 10.3 Å². The molecule has 0 aliphatic carbocycles. The molecule has 2 aromatic carbocycles. The number of rotatable bonds is 4. The van der Waals surface area contributed by atoms with Crippen LogP contribution in [0.15, 0.2) is 51.4 Å². The molecule has 3 N–H and O–H groups in total. The Bertz CT molecular complexity index is 693. The van der Waals surface area contributed by atoms with E-state index in [1.165, 1.54) is 0 Å². The van der Waals surface area contributed by atoms with Crippen molar-refractivity contribution in [1.82, 2.24) is 0 Å². The molecule has 0 saturated carbocycles. The Hall–Kier alpha value is -1.04. The molecular weight excluding hydrogens is 419 g/mol. The molecule has 0 fully saturated rings. The Morgan fingerprint density at radius 1 is 1.19 bits per heavy atom. The van der Waals surface area contributed by atoms with Gasteiger partial charge >= 0.3 is 0 Å². The fourth-order valence-corrected chi connectivity index (χ4v) is 3.17. The molecule has 110 valence electrons. The number of nitrogens with two attached hydrogens (primary N) is 1. The fourth-order valence-electron chi connectivity index (χ4n) is 1.99. The van der Waals surface area contributed by atoms with Gasteiger partial charge in [0, 0.05) is 20.2 Å². The molecule has 2 aromatic rings. The Kier molecular flexibility index (Phi) is 4.96. The normalized spacial score (nSPS) is 13.5. The lowest BCUT2D eigenvalue weighted by Crippen LogP contribution is -2.45. The molecule has 21 heavy (non-hydrogen) atoms. The zero-order chi connectivity index (χ0) is 15.6. The third kappa shape index (κ3) is 3.42. The highest BCUT2D eigenvalue weighted by Gasteiger charge is 2.34. The average molecular weight is 433 g/mol. The van der Waals surface area contributed by atoms with E-state index in [1.807, 2.05) is 24.3 Å². The summed E-state index contributed by atoms with van der Waals surface area (Å²) in [5.41, 5.74) is 6.09. The minimum absolute atomic E-state index is 0.472. The number of halogens is 3. The first kappa shape index (κ1) is 16.3. The van der Waals surface area contributed by atoms with Crippen LogP contribution in [0.1, 0.15) is 12.5 Å². The van der Waals surface area contributed by atoms with Crippen molar-refractivity contribution >= 4 is 55.1 Å². The van der Waals surface area contributed by atoms with Gasteiger partial charge in [0.25, 0.3) is 0 Å². The molecule has 3 nitrogen and oxygen atoms in total. The first-order valence-electron chi connectivity index (χ1n) is 6.13. The predicted molar refractivity (Wildman–Crippen MR) is 93.5 cm³/mol. The Morgan fingerprint density at radius 3 is 2.43 bits per heavy atom. The Labute approximate surface area is 145 Å². The van der Waals surface area contributed by atoms with E-state index >= 15 is 0 Å². The van der Waals surface area contributed by atoms with Gasteiger partial charge in [0.15, 0.2) is 0 Å². The molecule has 0 spiro atoms. The number of benzene rings is 2. The summed E-state index contributed by atoms with van der Waals surface area (Å²) in [4.78, 5) is 12.0. The number of carbonyl (C=O) groups excluding carboxylic acids is 1. The van der Waals surface area contributed by atoms with Gasteiger partial charge in [0.2, 0.25) is 5.91 Å². The second-order valence-corrected chi connectivity index (χ2v) is 6.84. The summed E-state index contributed by atoms with van der Waals surface area (Å²) in [6, 6.07) is 12.8. The van der Waals surface area contributed by atoms with Gasteiger partial charge in [-0.05, 0) is 47.1 Å². The van der Waals surface area contributed by atoms with Crippen molar-refractivity contribution in [2.24, 2.45) is 5.73 Å². The van der Waals surface area contributed by atoms with Crippen molar-refractivity contribution in [2.45, 2.75) is 12.5 Å². The summed E-state index contributed by atoms with van der Waals surface area (Å²) >= 11 is 12.8. The summed E-state index contributed by atoms with van der Waals surface area (Å²) in [5.74, 6) is -0.472. The molecule has 0 saturated heterocycles. The molecular formula is C15H13Br2ClN2O. The summed E-state index contributed by atoms with van der Waals surface area (Å²) in [6.07, 6.45) is 0. The number of nitrogens with one attached hydrogen (secondary N) is 1. The molecule has 1 atom stereocenters. The first-order valence-corrected chi connectivity index (χ1v) is 8.09.